The van der Waals surface area contributed by atoms with Gasteiger partial charge in [0.15, 0.2) is 5.96 Å². The van der Waals surface area contributed by atoms with Crippen LogP contribution >= 0.6 is 0 Å². The van der Waals surface area contributed by atoms with Crippen LogP contribution in [0.4, 0.5) is 0 Å². The fraction of sp³-hybridized carbons (Fsp3) is 0.632. The van der Waals surface area contributed by atoms with Crippen molar-refractivity contribution in [3.05, 3.63) is 35.9 Å². The molecule has 0 aliphatic carbocycles. The van der Waals surface area contributed by atoms with Gasteiger partial charge in [-0.05, 0) is 38.2 Å². The summed E-state index contributed by atoms with van der Waals surface area (Å²) in [5, 5.41) is 6.87. The van der Waals surface area contributed by atoms with Crippen molar-refractivity contribution >= 4 is 5.96 Å². The Labute approximate surface area is 144 Å². The normalized spacial score (nSPS) is 27.2. The molecule has 2 bridgehead atoms. The van der Waals surface area contributed by atoms with E-state index in [0.29, 0.717) is 18.2 Å². The minimum Gasteiger partial charge on any atom is -0.374 e. The Morgan fingerprint density at radius 2 is 2.17 bits per heavy atom. The summed E-state index contributed by atoms with van der Waals surface area (Å²) in [4.78, 5) is 4.31. The fourth-order valence-corrected chi connectivity index (χ4v) is 3.52. The van der Waals surface area contributed by atoms with Crippen LogP contribution in [0.3, 0.4) is 0 Å². The lowest BCUT2D eigenvalue weighted by Gasteiger charge is -2.22. The Kier molecular flexibility index (Phi) is 6.10. The maximum absolute atomic E-state index is 5.90. The largest absolute Gasteiger partial charge is 0.374 e. The van der Waals surface area contributed by atoms with Gasteiger partial charge in [-0.2, -0.15) is 0 Å². The molecule has 5 heteroatoms. The van der Waals surface area contributed by atoms with Gasteiger partial charge in [0.1, 0.15) is 0 Å². The van der Waals surface area contributed by atoms with Crippen LogP contribution in [0.5, 0.6) is 0 Å². The molecule has 5 nitrogen and oxygen atoms in total. The molecular formula is C19H29N3O2. The van der Waals surface area contributed by atoms with E-state index in [1.54, 1.807) is 0 Å². The molecule has 2 aliphatic rings. The standard InChI is InChI=1S/C19H29N3O2/c1-14(15-7-4-3-5-8-15)23-12-6-11-21-19(20-2)22-17-13-16-9-10-18(17)24-16/h3-5,7-8,14,16-18H,6,9-13H2,1-2H3,(H2,20,21,22). The van der Waals surface area contributed by atoms with Crippen molar-refractivity contribution in [3.8, 4) is 0 Å². The zero-order valence-electron chi connectivity index (χ0n) is 14.7. The van der Waals surface area contributed by atoms with Gasteiger partial charge in [0.2, 0.25) is 0 Å². The Balaban J connectivity index is 1.31. The number of fused-ring (bicyclic) bond motifs is 2. The lowest BCUT2D eigenvalue weighted by Crippen LogP contribution is -2.47. The molecule has 0 spiro atoms. The quantitative estimate of drug-likeness (QED) is 0.458. The molecule has 3 rings (SSSR count). The van der Waals surface area contributed by atoms with E-state index >= 15 is 0 Å². The summed E-state index contributed by atoms with van der Waals surface area (Å²) in [6, 6.07) is 10.7. The van der Waals surface area contributed by atoms with Gasteiger partial charge in [-0.25, -0.2) is 0 Å². The molecule has 2 saturated heterocycles. The van der Waals surface area contributed by atoms with Crippen molar-refractivity contribution in [2.24, 2.45) is 4.99 Å². The zero-order valence-corrected chi connectivity index (χ0v) is 14.7. The molecule has 2 fully saturated rings. The summed E-state index contributed by atoms with van der Waals surface area (Å²) in [5.74, 6) is 0.868. The molecule has 4 unspecified atom stereocenters. The van der Waals surface area contributed by atoms with Gasteiger partial charge >= 0.3 is 0 Å². The predicted octanol–water partition coefficient (Wildman–Crippen LogP) is 2.64. The van der Waals surface area contributed by atoms with Gasteiger partial charge in [0, 0.05) is 20.2 Å². The van der Waals surface area contributed by atoms with E-state index in [-0.39, 0.29) is 6.10 Å². The van der Waals surface area contributed by atoms with Crippen LogP contribution in [-0.4, -0.2) is 44.4 Å². The van der Waals surface area contributed by atoms with Gasteiger partial charge in [0.25, 0.3) is 0 Å². The summed E-state index contributed by atoms with van der Waals surface area (Å²) in [6.45, 7) is 3.68. The summed E-state index contributed by atoms with van der Waals surface area (Å²) >= 11 is 0. The van der Waals surface area contributed by atoms with Crippen molar-refractivity contribution in [3.63, 3.8) is 0 Å². The average Bonchev–Trinajstić information content (AvgIpc) is 3.24. The van der Waals surface area contributed by atoms with Crippen LogP contribution in [0.25, 0.3) is 0 Å². The van der Waals surface area contributed by atoms with Gasteiger partial charge in [-0.3, -0.25) is 4.99 Å². The summed E-state index contributed by atoms with van der Waals surface area (Å²) in [6.07, 6.45) is 5.39. The predicted molar refractivity (Wildman–Crippen MR) is 96.2 cm³/mol. The van der Waals surface area contributed by atoms with Gasteiger partial charge < -0.3 is 20.1 Å². The lowest BCUT2D eigenvalue weighted by atomic mass is 9.96. The van der Waals surface area contributed by atoms with E-state index in [1.807, 2.05) is 25.2 Å². The fourth-order valence-electron chi connectivity index (χ4n) is 3.52. The van der Waals surface area contributed by atoms with E-state index < -0.39 is 0 Å². The van der Waals surface area contributed by atoms with Crippen molar-refractivity contribution in [1.82, 2.24) is 10.6 Å². The first-order valence-corrected chi connectivity index (χ1v) is 9.05. The Morgan fingerprint density at radius 3 is 2.83 bits per heavy atom. The highest BCUT2D eigenvalue weighted by Crippen LogP contribution is 2.34. The van der Waals surface area contributed by atoms with Crippen LogP contribution in [0.2, 0.25) is 0 Å². The Morgan fingerprint density at radius 1 is 1.33 bits per heavy atom. The molecule has 1 aromatic rings. The smallest absolute Gasteiger partial charge is 0.191 e. The van der Waals surface area contributed by atoms with Crippen LogP contribution < -0.4 is 10.6 Å². The first-order chi connectivity index (χ1) is 11.8. The molecular weight excluding hydrogens is 302 g/mol. The minimum absolute atomic E-state index is 0.134. The molecule has 1 aromatic carbocycles. The molecule has 132 valence electrons. The summed E-state index contributed by atoms with van der Waals surface area (Å²) < 4.78 is 11.8. The third-order valence-corrected chi connectivity index (χ3v) is 4.90. The average molecular weight is 331 g/mol. The SMILES string of the molecule is CN=C(NCCCOC(C)c1ccccc1)NC1CC2CCC1O2. The number of guanidine groups is 1. The Hall–Kier alpha value is -1.59. The second-order valence-electron chi connectivity index (χ2n) is 6.64. The summed E-state index contributed by atoms with van der Waals surface area (Å²) in [7, 11) is 1.82. The van der Waals surface area contributed by atoms with Crippen LogP contribution in [0.15, 0.2) is 35.3 Å². The molecule has 0 saturated carbocycles. The number of hydrogen-bond acceptors (Lipinski definition) is 3. The highest BCUT2D eigenvalue weighted by Gasteiger charge is 2.41. The molecule has 0 aromatic heterocycles. The topological polar surface area (TPSA) is 54.9 Å². The van der Waals surface area contributed by atoms with Crippen molar-refractivity contribution in [1.29, 1.82) is 0 Å². The van der Waals surface area contributed by atoms with Gasteiger partial charge in [0.05, 0.1) is 24.4 Å². The summed E-state index contributed by atoms with van der Waals surface area (Å²) in [5.41, 5.74) is 1.22. The van der Waals surface area contributed by atoms with Crippen LogP contribution in [-0.2, 0) is 9.47 Å². The number of benzene rings is 1. The second-order valence-corrected chi connectivity index (χ2v) is 6.64. The second kappa shape index (κ2) is 8.49. The molecule has 2 aliphatic heterocycles. The third-order valence-electron chi connectivity index (χ3n) is 4.90. The Bertz CT molecular complexity index is 535. The number of nitrogens with one attached hydrogen (secondary N) is 2. The molecule has 4 atom stereocenters. The lowest BCUT2D eigenvalue weighted by molar-refractivity contribution is 0.0646. The van der Waals surface area contributed by atoms with E-state index in [1.165, 1.54) is 18.4 Å². The van der Waals surface area contributed by atoms with Crippen LogP contribution in [0.1, 0.15) is 44.3 Å². The molecule has 2 N–H and O–H groups in total. The molecule has 2 heterocycles. The first kappa shape index (κ1) is 17.2. The maximum Gasteiger partial charge on any atom is 0.191 e. The van der Waals surface area contributed by atoms with Crippen molar-refractivity contribution in [2.45, 2.75) is 57.0 Å². The van der Waals surface area contributed by atoms with E-state index in [4.69, 9.17) is 9.47 Å². The van der Waals surface area contributed by atoms with E-state index in [0.717, 1.165) is 32.0 Å². The van der Waals surface area contributed by atoms with Gasteiger partial charge in [-0.1, -0.05) is 30.3 Å². The molecule has 0 amide bonds. The number of aliphatic imine (C=N–C) groups is 1. The highest BCUT2D eigenvalue weighted by molar-refractivity contribution is 5.80. The van der Waals surface area contributed by atoms with Gasteiger partial charge in [-0.15, -0.1) is 0 Å². The maximum atomic E-state index is 5.90. The number of ether oxygens (including phenoxy) is 2. The molecule has 24 heavy (non-hydrogen) atoms. The van der Waals surface area contributed by atoms with Crippen molar-refractivity contribution < 1.29 is 9.47 Å². The van der Waals surface area contributed by atoms with E-state index in [9.17, 15) is 0 Å². The first-order valence-electron chi connectivity index (χ1n) is 9.05. The number of hydrogen-bond donors (Lipinski definition) is 2. The van der Waals surface area contributed by atoms with Crippen molar-refractivity contribution in [2.75, 3.05) is 20.2 Å². The molecule has 0 radical (unpaired) electrons. The number of nitrogens with zero attached hydrogens (tertiary/aromatic N) is 1. The number of rotatable bonds is 7. The van der Waals surface area contributed by atoms with Crippen LogP contribution in [0, 0.1) is 0 Å². The monoisotopic (exact) mass is 331 g/mol. The highest BCUT2D eigenvalue weighted by atomic mass is 16.5. The zero-order chi connectivity index (χ0) is 16.8. The van der Waals surface area contributed by atoms with E-state index in [2.05, 4.69) is 34.7 Å². The third kappa shape index (κ3) is 4.48. The minimum atomic E-state index is 0.134.